The van der Waals surface area contributed by atoms with Crippen LogP contribution in [0, 0.1) is 25.7 Å². The van der Waals surface area contributed by atoms with Crippen molar-refractivity contribution in [1.82, 2.24) is 9.55 Å². The highest BCUT2D eigenvalue weighted by molar-refractivity contribution is 5.12. The van der Waals surface area contributed by atoms with Crippen LogP contribution in [0.2, 0.25) is 0 Å². The molecule has 2 heterocycles. The molecule has 1 fully saturated rings. The summed E-state index contributed by atoms with van der Waals surface area (Å²) >= 11 is 0. The van der Waals surface area contributed by atoms with E-state index in [0.29, 0.717) is 11.8 Å². The molecule has 0 N–H and O–H groups in total. The lowest BCUT2D eigenvalue weighted by Crippen LogP contribution is -2.30. The van der Waals surface area contributed by atoms with Gasteiger partial charge in [0.1, 0.15) is 6.23 Å². The second kappa shape index (κ2) is 5.45. The van der Waals surface area contributed by atoms with Crippen LogP contribution in [0.15, 0.2) is 11.0 Å². The van der Waals surface area contributed by atoms with Gasteiger partial charge in [0.05, 0.1) is 6.10 Å². The maximum Gasteiger partial charge on any atom is 0.349 e. The number of hydrogen-bond acceptors (Lipinski definition) is 3. The summed E-state index contributed by atoms with van der Waals surface area (Å²) < 4.78 is 7.78. The van der Waals surface area contributed by atoms with Crippen LogP contribution in [-0.4, -0.2) is 15.7 Å². The number of ether oxygens (including phenoxy) is 1. The van der Waals surface area contributed by atoms with Gasteiger partial charge in [-0.25, -0.2) is 4.79 Å². The van der Waals surface area contributed by atoms with E-state index in [2.05, 4.69) is 25.8 Å². The van der Waals surface area contributed by atoms with Crippen molar-refractivity contribution >= 4 is 0 Å². The Morgan fingerprint density at radius 2 is 2.00 bits per heavy atom. The van der Waals surface area contributed by atoms with Gasteiger partial charge in [-0.15, -0.1) is 0 Å². The lowest BCUT2D eigenvalue weighted by Gasteiger charge is -2.20. The summed E-state index contributed by atoms with van der Waals surface area (Å²) in [5.74, 6) is 0.861. The molecule has 2 unspecified atom stereocenters. The maximum absolute atomic E-state index is 12.1. The van der Waals surface area contributed by atoms with Crippen LogP contribution in [-0.2, 0) is 4.74 Å². The monoisotopic (exact) mass is 264 g/mol. The molecule has 1 aliphatic heterocycles. The zero-order chi connectivity index (χ0) is 14.2. The number of hydrogen-bond donors (Lipinski definition) is 0. The first-order valence-electron chi connectivity index (χ1n) is 7.21. The first-order chi connectivity index (χ1) is 8.99. The largest absolute Gasteiger partial charge is 0.354 e. The molecular weight excluding hydrogens is 240 g/mol. The molecule has 0 amide bonds. The highest BCUT2D eigenvalue weighted by Gasteiger charge is 2.41. The number of rotatable bonds is 3. The highest BCUT2D eigenvalue weighted by atomic mass is 16.5. The molecular formula is C15H24N2O2. The van der Waals surface area contributed by atoms with Crippen molar-refractivity contribution < 1.29 is 4.74 Å². The summed E-state index contributed by atoms with van der Waals surface area (Å²) in [6.07, 6.45) is 4.04. The van der Waals surface area contributed by atoms with Crippen molar-refractivity contribution in [3.05, 3.63) is 27.9 Å². The van der Waals surface area contributed by atoms with Crippen LogP contribution >= 0.6 is 0 Å². The van der Waals surface area contributed by atoms with Gasteiger partial charge in [0.2, 0.25) is 0 Å². The van der Waals surface area contributed by atoms with Crippen LogP contribution in [0.25, 0.3) is 0 Å². The average Bonchev–Trinajstić information content (AvgIpc) is 2.70. The summed E-state index contributed by atoms with van der Waals surface area (Å²) in [4.78, 5) is 16.2. The number of nitrogens with zero attached hydrogens (tertiary/aromatic N) is 2. The van der Waals surface area contributed by atoms with E-state index in [4.69, 9.17) is 4.74 Å². The Hall–Kier alpha value is -1.16. The first-order valence-corrected chi connectivity index (χ1v) is 7.21. The predicted octanol–water partition coefficient (Wildman–Crippen LogP) is 2.83. The molecule has 1 aromatic rings. The molecule has 106 valence electrons. The SMILES string of the molecule is CCC1C(C)[C@H](n2cc(C)c(C)nc2=O)O[C@@H]1CC. The Kier molecular flexibility index (Phi) is 4.09. The van der Waals surface area contributed by atoms with E-state index in [1.807, 2.05) is 20.0 Å². The van der Waals surface area contributed by atoms with E-state index >= 15 is 0 Å². The second-order valence-electron chi connectivity index (χ2n) is 5.60. The number of aromatic nitrogens is 2. The molecule has 4 nitrogen and oxygen atoms in total. The Bertz CT molecular complexity index is 509. The Morgan fingerprint density at radius 3 is 2.53 bits per heavy atom. The van der Waals surface area contributed by atoms with Crippen LogP contribution in [0.1, 0.15) is 51.1 Å². The highest BCUT2D eigenvalue weighted by Crippen LogP contribution is 2.41. The van der Waals surface area contributed by atoms with Gasteiger partial charge in [0, 0.05) is 17.8 Å². The van der Waals surface area contributed by atoms with Crippen LogP contribution in [0.4, 0.5) is 0 Å². The minimum absolute atomic E-state index is 0.172. The van der Waals surface area contributed by atoms with E-state index in [-0.39, 0.29) is 18.0 Å². The molecule has 19 heavy (non-hydrogen) atoms. The first kappa shape index (κ1) is 14.3. The van der Waals surface area contributed by atoms with Crippen molar-refractivity contribution in [2.24, 2.45) is 11.8 Å². The molecule has 1 aromatic heterocycles. The van der Waals surface area contributed by atoms with Crippen molar-refractivity contribution in [3.63, 3.8) is 0 Å². The smallest absolute Gasteiger partial charge is 0.349 e. The number of aryl methyl sites for hydroxylation is 2. The Labute approximate surface area is 114 Å². The van der Waals surface area contributed by atoms with Crippen molar-refractivity contribution in [2.45, 2.75) is 59.8 Å². The molecule has 0 bridgehead atoms. The lowest BCUT2D eigenvalue weighted by atomic mass is 9.87. The van der Waals surface area contributed by atoms with Gasteiger partial charge < -0.3 is 4.74 Å². The average molecular weight is 264 g/mol. The quantitative estimate of drug-likeness (QED) is 0.843. The molecule has 4 heteroatoms. The van der Waals surface area contributed by atoms with Gasteiger partial charge in [-0.3, -0.25) is 4.57 Å². The Morgan fingerprint density at radius 1 is 1.32 bits per heavy atom. The van der Waals surface area contributed by atoms with E-state index in [9.17, 15) is 4.79 Å². The fourth-order valence-corrected chi connectivity index (χ4v) is 3.14. The van der Waals surface area contributed by atoms with E-state index < -0.39 is 0 Å². The predicted molar refractivity (Wildman–Crippen MR) is 75.1 cm³/mol. The summed E-state index contributed by atoms with van der Waals surface area (Å²) in [7, 11) is 0. The molecule has 4 atom stereocenters. The van der Waals surface area contributed by atoms with Gasteiger partial charge >= 0.3 is 5.69 Å². The molecule has 0 aliphatic carbocycles. The topological polar surface area (TPSA) is 44.1 Å². The standard InChI is InChI=1S/C15H24N2O2/c1-6-12-10(4)14(19-13(12)7-2)17-8-9(3)11(5)16-15(17)18/h8,10,12-14H,6-7H2,1-5H3/t10?,12?,13-,14-/m1/s1. The van der Waals surface area contributed by atoms with Gasteiger partial charge in [-0.2, -0.15) is 4.98 Å². The third-order valence-corrected chi connectivity index (χ3v) is 4.45. The molecule has 0 radical (unpaired) electrons. The van der Waals surface area contributed by atoms with Gasteiger partial charge in [0.15, 0.2) is 0 Å². The minimum atomic E-state index is -0.202. The van der Waals surface area contributed by atoms with Crippen LogP contribution < -0.4 is 5.69 Å². The molecule has 2 rings (SSSR count). The molecule has 1 aliphatic rings. The lowest BCUT2D eigenvalue weighted by molar-refractivity contribution is -0.0176. The fraction of sp³-hybridized carbons (Fsp3) is 0.733. The van der Waals surface area contributed by atoms with Gasteiger partial charge in [-0.05, 0) is 31.7 Å². The van der Waals surface area contributed by atoms with Crippen LogP contribution in [0.5, 0.6) is 0 Å². The normalized spacial score (nSPS) is 30.8. The zero-order valence-corrected chi connectivity index (χ0v) is 12.5. The van der Waals surface area contributed by atoms with E-state index in [1.165, 1.54) is 0 Å². The van der Waals surface area contributed by atoms with Crippen LogP contribution in [0.3, 0.4) is 0 Å². The fourth-order valence-electron chi connectivity index (χ4n) is 3.14. The van der Waals surface area contributed by atoms with Gasteiger partial charge in [0.25, 0.3) is 0 Å². The molecule has 0 spiro atoms. The molecule has 1 saturated heterocycles. The summed E-state index contributed by atoms with van der Waals surface area (Å²) in [5, 5.41) is 0. The second-order valence-corrected chi connectivity index (χ2v) is 5.60. The van der Waals surface area contributed by atoms with Gasteiger partial charge in [-0.1, -0.05) is 27.2 Å². The summed E-state index contributed by atoms with van der Waals surface area (Å²) in [5.41, 5.74) is 1.63. The van der Waals surface area contributed by atoms with Crippen molar-refractivity contribution in [1.29, 1.82) is 0 Å². The Balaban J connectivity index is 2.38. The van der Waals surface area contributed by atoms with E-state index in [1.54, 1.807) is 4.57 Å². The van der Waals surface area contributed by atoms with Crippen molar-refractivity contribution in [2.75, 3.05) is 0 Å². The zero-order valence-electron chi connectivity index (χ0n) is 12.5. The molecule has 0 aromatic carbocycles. The third kappa shape index (κ3) is 2.46. The van der Waals surface area contributed by atoms with Crippen molar-refractivity contribution in [3.8, 4) is 0 Å². The summed E-state index contributed by atoms with van der Waals surface area (Å²) in [6, 6.07) is 0. The third-order valence-electron chi connectivity index (χ3n) is 4.45. The molecule has 0 saturated carbocycles. The van der Waals surface area contributed by atoms with E-state index in [0.717, 1.165) is 24.1 Å². The maximum atomic E-state index is 12.1. The summed E-state index contributed by atoms with van der Waals surface area (Å²) in [6.45, 7) is 10.4. The minimum Gasteiger partial charge on any atom is -0.354 e.